The topological polar surface area (TPSA) is 29.5 Å². The summed E-state index contributed by atoms with van der Waals surface area (Å²) < 4.78 is 39.6. The molecule has 1 rings (SSSR count). The third kappa shape index (κ3) is 5.59. The zero-order valence-corrected chi connectivity index (χ0v) is 10.1. The Labute approximate surface area is 103 Å². The first-order chi connectivity index (χ1) is 7.92. The fourth-order valence-corrected chi connectivity index (χ4v) is 1.94. The molecule has 0 aromatic heterocycles. The summed E-state index contributed by atoms with van der Waals surface area (Å²) in [7, 11) is 0. The Morgan fingerprint density at radius 1 is 1.47 bits per heavy atom. The van der Waals surface area contributed by atoms with E-state index in [4.69, 9.17) is 11.6 Å². The summed E-state index contributed by atoms with van der Waals surface area (Å²) in [5.74, 6) is 0.644. The van der Waals surface area contributed by atoms with Crippen LogP contribution in [0.15, 0.2) is 0 Å². The maximum atomic E-state index is 11.7. The molecule has 0 saturated carbocycles. The Hall–Kier alpha value is -0.490. The van der Waals surface area contributed by atoms with Crippen molar-refractivity contribution in [1.82, 2.24) is 4.90 Å². The van der Waals surface area contributed by atoms with Crippen LogP contribution in [0.25, 0.3) is 0 Å². The quantitative estimate of drug-likeness (QED) is 0.567. The number of hydrogen-bond donors (Lipinski definition) is 0. The van der Waals surface area contributed by atoms with Gasteiger partial charge < -0.3 is 9.64 Å². The lowest BCUT2D eigenvalue weighted by Gasteiger charge is -2.16. The van der Waals surface area contributed by atoms with Crippen LogP contribution in [-0.2, 0) is 9.53 Å². The summed E-state index contributed by atoms with van der Waals surface area (Å²) >= 11 is 5.67. The molecule has 0 aromatic carbocycles. The molecule has 0 radical (unpaired) electrons. The number of carbonyl (C=O) groups excluding carboxylic acids is 1. The minimum Gasteiger partial charge on any atom is -0.372 e. The number of carbonyl (C=O) groups is 1. The van der Waals surface area contributed by atoms with Crippen molar-refractivity contribution < 1.29 is 22.7 Å². The number of halogens is 4. The van der Waals surface area contributed by atoms with Crippen LogP contribution >= 0.6 is 11.6 Å². The Morgan fingerprint density at radius 2 is 2.18 bits per heavy atom. The normalized spacial score (nSPS) is 20.9. The first-order valence-corrected chi connectivity index (χ1v) is 5.94. The van der Waals surface area contributed by atoms with Crippen molar-refractivity contribution in [2.75, 3.05) is 32.2 Å². The van der Waals surface area contributed by atoms with Gasteiger partial charge in [0.05, 0.1) is 13.0 Å². The second kappa shape index (κ2) is 6.44. The van der Waals surface area contributed by atoms with Gasteiger partial charge in [-0.15, -0.1) is 11.6 Å². The van der Waals surface area contributed by atoms with E-state index in [0.717, 1.165) is 6.42 Å². The van der Waals surface area contributed by atoms with Gasteiger partial charge in [-0.2, -0.15) is 13.2 Å². The van der Waals surface area contributed by atoms with Crippen molar-refractivity contribution in [2.45, 2.75) is 19.0 Å². The van der Waals surface area contributed by atoms with E-state index in [-0.39, 0.29) is 18.9 Å². The molecule has 1 aliphatic rings. The summed E-state index contributed by atoms with van der Waals surface area (Å²) in [6, 6.07) is 0. The van der Waals surface area contributed by atoms with Gasteiger partial charge in [-0.25, -0.2) is 0 Å². The van der Waals surface area contributed by atoms with Crippen LogP contribution in [0.1, 0.15) is 12.8 Å². The van der Waals surface area contributed by atoms with Crippen molar-refractivity contribution in [3.05, 3.63) is 0 Å². The number of nitrogens with zero attached hydrogens (tertiary/aromatic N) is 1. The molecule has 1 aliphatic heterocycles. The van der Waals surface area contributed by atoms with Gasteiger partial charge in [0.25, 0.3) is 0 Å². The van der Waals surface area contributed by atoms with Gasteiger partial charge in [0.1, 0.15) is 6.61 Å². The summed E-state index contributed by atoms with van der Waals surface area (Å²) in [6.45, 7) is -0.262. The molecule has 3 nitrogen and oxygen atoms in total. The molecular formula is C10H15ClF3NO2. The molecule has 1 unspecified atom stereocenters. The number of amides is 1. The Kier molecular flexibility index (Phi) is 5.52. The van der Waals surface area contributed by atoms with Crippen molar-refractivity contribution in [2.24, 2.45) is 5.92 Å². The average molecular weight is 274 g/mol. The van der Waals surface area contributed by atoms with Crippen molar-refractivity contribution >= 4 is 17.5 Å². The smallest absolute Gasteiger partial charge is 0.372 e. The van der Waals surface area contributed by atoms with E-state index in [1.165, 1.54) is 0 Å². The van der Waals surface area contributed by atoms with E-state index >= 15 is 0 Å². The van der Waals surface area contributed by atoms with Crippen LogP contribution in [-0.4, -0.2) is 49.2 Å². The highest BCUT2D eigenvalue weighted by atomic mass is 35.5. The van der Waals surface area contributed by atoms with E-state index in [2.05, 4.69) is 4.74 Å². The number of likely N-dealkylation sites (tertiary alicyclic amines) is 1. The highest BCUT2D eigenvalue weighted by molar-refractivity contribution is 6.18. The number of hydrogen-bond acceptors (Lipinski definition) is 2. The SMILES string of the molecule is O=C(CCOCC(F)(F)F)N1CCC(CCl)C1. The average Bonchev–Trinajstić information content (AvgIpc) is 2.71. The number of rotatable bonds is 5. The molecule has 7 heteroatoms. The molecule has 1 heterocycles. The third-order valence-electron chi connectivity index (χ3n) is 2.58. The molecular weight excluding hydrogens is 259 g/mol. The fourth-order valence-electron chi connectivity index (χ4n) is 1.69. The minimum atomic E-state index is -4.33. The summed E-state index contributed by atoms with van der Waals surface area (Å²) in [4.78, 5) is 13.2. The van der Waals surface area contributed by atoms with E-state index in [1.54, 1.807) is 4.90 Å². The largest absolute Gasteiger partial charge is 0.411 e. The maximum absolute atomic E-state index is 11.7. The zero-order valence-electron chi connectivity index (χ0n) is 9.30. The minimum absolute atomic E-state index is 0.00884. The van der Waals surface area contributed by atoms with Gasteiger partial charge in [-0.1, -0.05) is 0 Å². The first-order valence-electron chi connectivity index (χ1n) is 5.40. The molecule has 0 spiro atoms. The Morgan fingerprint density at radius 3 is 2.71 bits per heavy atom. The predicted octanol–water partition coefficient (Wildman–Crippen LogP) is 2.04. The van der Waals surface area contributed by atoms with Gasteiger partial charge in [-0.05, 0) is 12.3 Å². The van der Waals surface area contributed by atoms with Crippen molar-refractivity contribution in [3.63, 3.8) is 0 Å². The van der Waals surface area contributed by atoms with E-state index in [9.17, 15) is 18.0 Å². The van der Waals surface area contributed by atoms with Crippen LogP contribution in [0.3, 0.4) is 0 Å². The molecule has 100 valence electrons. The zero-order chi connectivity index (χ0) is 12.9. The lowest BCUT2D eigenvalue weighted by Crippen LogP contribution is -2.30. The van der Waals surface area contributed by atoms with Gasteiger partial charge in [0.2, 0.25) is 5.91 Å². The molecule has 0 N–H and O–H groups in total. The Balaban J connectivity index is 2.14. The number of alkyl halides is 4. The summed E-state index contributed by atoms with van der Waals surface area (Å²) in [6.07, 6.45) is -3.48. The fraction of sp³-hybridized carbons (Fsp3) is 0.900. The van der Waals surface area contributed by atoms with Crippen LogP contribution in [0.2, 0.25) is 0 Å². The van der Waals surface area contributed by atoms with Gasteiger partial charge in [0, 0.05) is 19.0 Å². The standard InChI is InChI=1S/C10H15ClF3NO2/c11-5-8-1-3-15(6-8)9(16)2-4-17-7-10(12,13)14/h8H,1-7H2. The monoisotopic (exact) mass is 273 g/mol. The van der Waals surface area contributed by atoms with E-state index < -0.39 is 12.8 Å². The molecule has 0 bridgehead atoms. The van der Waals surface area contributed by atoms with Crippen LogP contribution in [0.4, 0.5) is 13.2 Å². The number of ether oxygens (including phenoxy) is 1. The van der Waals surface area contributed by atoms with Crippen LogP contribution in [0, 0.1) is 5.92 Å². The highest BCUT2D eigenvalue weighted by Crippen LogP contribution is 2.18. The second-order valence-electron chi connectivity index (χ2n) is 4.07. The maximum Gasteiger partial charge on any atom is 0.411 e. The molecule has 1 fully saturated rings. The Bertz CT molecular complexity index is 260. The molecule has 17 heavy (non-hydrogen) atoms. The summed E-state index contributed by atoms with van der Waals surface area (Å²) in [5, 5.41) is 0. The van der Waals surface area contributed by atoms with Crippen molar-refractivity contribution in [3.8, 4) is 0 Å². The van der Waals surface area contributed by atoms with Gasteiger partial charge >= 0.3 is 6.18 Å². The predicted molar refractivity (Wildman–Crippen MR) is 56.9 cm³/mol. The lowest BCUT2D eigenvalue weighted by atomic mass is 10.2. The summed E-state index contributed by atoms with van der Waals surface area (Å²) in [5.41, 5.74) is 0. The molecule has 1 atom stereocenters. The second-order valence-corrected chi connectivity index (χ2v) is 4.38. The lowest BCUT2D eigenvalue weighted by molar-refractivity contribution is -0.175. The molecule has 0 aliphatic carbocycles. The van der Waals surface area contributed by atoms with Gasteiger partial charge in [-0.3, -0.25) is 4.79 Å². The van der Waals surface area contributed by atoms with Crippen LogP contribution < -0.4 is 0 Å². The molecule has 1 saturated heterocycles. The highest BCUT2D eigenvalue weighted by Gasteiger charge is 2.28. The van der Waals surface area contributed by atoms with Gasteiger partial charge in [0.15, 0.2) is 0 Å². The van der Waals surface area contributed by atoms with E-state index in [1.807, 2.05) is 0 Å². The van der Waals surface area contributed by atoms with Crippen molar-refractivity contribution in [1.29, 1.82) is 0 Å². The van der Waals surface area contributed by atoms with Crippen LogP contribution in [0.5, 0.6) is 0 Å². The molecule has 1 amide bonds. The van der Waals surface area contributed by atoms with E-state index in [0.29, 0.717) is 24.9 Å². The third-order valence-corrected chi connectivity index (χ3v) is 3.02. The molecule has 0 aromatic rings. The first kappa shape index (κ1) is 14.6.